The van der Waals surface area contributed by atoms with Gasteiger partial charge in [-0.25, -0.2) is 9.59 Å². The first kappa shape index (κ1) is 37.0. The van der Waals surface area contributed by atoms with E-state index >= 15 is 0 Å². The van der Waals surface area contributed by atoms with Crippen LogP contribution >= 0.6 is 0 Å². The summed E-state index contributed by atoms with van der Waals surface area (Å²) >= 11 is 0. The van der Waals surface area contributed by atoms with Gasteiger partial charge in [0.05, 0.1) is 24.8 Å². The molecule has 0 heterocycles. The van der Waals surface area contributed by atoms with Gasteiger partial charge in [0, 0.05) is 44.8 Å². The number of carbonyl (C=O) groups excluding carboxylic acids is 3. The number of rotatable bonds is 17. The standard InChI is InChI=1S/C29H54N2O9Si/c1-11-21(12-2)39-26-22(17-18-41(36-14-4,37-15-5)38-16-6)23(27(33)35-13-3)19-24(25(26)30-20(7)32)31-28(34)40-29(8,9)10/h21,24-26H,11-19H2,1-10H3,(H,30,32)(H,31,34)/t24-,25+,26+/m0/s1. The van der Waals surface area contributed by atoms with Crippen LogP contribution in [0.4, 0.5) is 4.79 Å². The van der Waals surface area contributed by atoms with Gasteiger partial charge in [0.1, 0.15) is 11.7 Å². The Hall–Kier alpha value is -1.99. The Balaban J connectivity index is 3.74. The molecule has 0 spiro atoms. The second kappa shape index (κ2) is 17.8. The molecule has 238 valence electrons. The quantitative estimate of drug-likeness (QED) is 0.180. The van der Waals surface area contributed by atoms with Crippen LogP contribution in [-0.4, -0.2) is 83.1 Å². The highest BCUT2D eigenvalue weighted by Crippen LogP contribution is 2.36. The normalized spacial score (nSPS) is 19.7. The second-order valence-electron chi connectivity index (χ2n) is 10.9. The summed E-state index contributed by atoms with van der Waals surface area (Å²) in [6.45, 7) is 19.6. The minimum atomic E-state index is -3.09. The number of alkyl carbamates (subject to hydrolysis) is 1. The number of esters is 1. The number of hydrogen-bond acceptors (Lipinski definition) is 9. The average Bonchev–Trinajstić information content (AvgIpc) is 2.87. The van der Waals surface area contributed by atoms with Crippen molar-refractivity contribution in [2.24, 2.45) is 0 Å². The van der Waals surface area contributed by atoms with Gasteiger partial charge >= 0.3 is 20.9 Å². The molecule has 1 aliphatic carbocycles. The number of hydrogen-bond donors (Lipinski definition) is 2. The Labute approximate surface area is 247 Å². The van der Waals surface area contributed by atoms with Crippen molar-refractivity contribution in [3.63, 3.8) is 0 Å². The zero-order valence-electron chi connectivity index (χ0n) is 26.8. The van der Waals surface area contributed by atoms with Crippen LogP contribution in [-0.2, 0) is 37.1 Å². The fourth-order valence-corrected chi connectivity index (χ4v) is 7.54. The number of carbonyl (C=O) groups is 3. The highest BCUT2D eigenvalue weighted by Gasteiger charge is 2.46. The number of amides is 2. The molecule has 11 nitrogen and oxygen atoms in total. The van der Waals surface area contributed by atoms with Gasteiger partial charge in [-0.2, -0.15) is 0 Å². The molecule has 0 aromatic carbocycles. The lowest BCUT2D eigenvalue weighted by atomic mass is 9.80. The lowest BCUT2D eigenvalue weighted by molar-refractivity contribution is -0.139. The Kier molecular flexibility index (Phi) is 16.1. The maximum atomic E-state index is 13.4. The van der Waals surface area contributed by atoms with Crippen molar-refractivity contribution < 1.29 is 41.9 Å². The van der Waals surface area contributed by atoms with Gasteiger partial charge in [-0.15, -0.1) is 0 Å². The Bertz CT molecular complexity index is 854. The van der Waals surface area contributed by atoms with Crippen LogP contribution in [0.1, 0.15) is 94.9 Å². The van der Waals surface area contributed by atoms with Crippen molar-refractivity contribution >= 4 is 26.8 Å². The van der Waals surface area contributed by atoms with E-state index < -0.39 is 44.7 Å². The van der Waals surface area contributed by atoms with Crippen molar-refractivity contribution in [1.82, 2.24) is 10.6 Å². The molecular weight excluding hydrogens is 548 g/mol. The minimum Gasteiger partial charge on any atom is -0.463 e. The second-order valence-corrected chi connectivity index (χ2v) is 13.6. The van der Waals surface area contributed by atoms with E-state index in [0.29, 0.717) is 43.4 Å². The van der Waals surface area contributed by atoms with E-state index in [1.54, 1.807) is 27.7 Å². The van der Waals surface area contributed by atoms with Crippen LogP contribution in [0.3, 0.4) is 0 Å². The molecule has 0 unspecified atom stereocenters. The molecule has 1 aliphatic rings. The molecule has 0 aliphatic heterocycles. The van der Waals surface area contributed by atoms with Crippen LogP contribution in [0.15, 0.2) is 11.1 Å². The molecule has 12 heteroatoms. The van der Waals surface area contributed by atoms with Crippen LogP contribution < -0.4 is 10.6 Å². The first-order chi connectivity index (χ1) is 19.3. The lowest BCUT2D eigenvalue weighted by Gasteiger charge is -2.42. The summed E-state index contributed by atoms with van der Waals surface area (Å²) in [7, 11) is -3.09. The molecule has 0 radical (unpaired) electrons. The van der Waals surface area contributed by atoms with Gasteiger partial charge in [0.2, 0.25) is 5.91 Å². The summed E-state index contributed by atoms with van der Waals surface area (Å²) < 4.78 is 35.9. The Morgan fingerprint density at radius 2 is 1.46 bits per heavy atom. The fourth-order valence-electron chi connectivity index (χ4n) is 4.96. The maximum absolute atomic E-state index is 13.4. The third-order valence-corrected chi connectivity index (χ3v) is 9.60. The third-order valence-electron chi connectivity index (χ3n) is 6.55. The van der Waals surface area contributed by atoms with E-state index in [4.69, 9.17) is 27.5 Å². The van der Waals surface area contributed by atoms with Gasteiger partial charge in [-0.3, -0.25) is 4.79 Å². The molecule has 2 amide bonds. The molecule has 2 N–H and O–H groups in total. The Morgan fingerprint density at radius 3 is 1.90 bits per heavy atom. The molecule has 0 fully saturated rings. The molecule has 41 heavy (non-hydrogen) atoms. The monoisotopic (exact) mass is 602 g/mol. The third kappa shape index (κ3) is 12.0. The molecule has 3 atom stereocenters. The van der Waals surface area contributed by atoms with Crippen molar-refractivity contribution in [2.75, 3.05) is 26.4 Å². The van der Waals surface area contributed by atoms with Crippen LogP contribution in [0.2, 0.25) is 6.04 Å². The SMILES string of the molecule is CCOC(=O)C1=C(CC[Si](OCC)(OCC)OCC)[C@@H](OC(CC)CC)[C@H](NC(C)=O)[C@@H](NC(=O)OC(C)(C)C)C1. The first-order valence-electron chi connectivity index (χ1n) is 15.0. The molecular formula is C29H54N2O9Si. The van der Waals surface area contributed by atoms with Gasteiger partial charge in [0.15, 0.2) is 0 Å². The minimum absolute atomic E-state index is 0.119. The highest BCUT2D eigenvalue weighted by atomic mass is 28.4. The first-order valence-corrected chi connectivity index (χ1v) is 17.0. The molecule has 0 aromatic rings. The zero-order chi connectivity index (χ0) is 31.2. The van der Waals surface area contributed by atoms with Crippen LogP contribution in [0.25, 0.3) is 0 Å². The average molecular weight is 603 g/mol. The summed E-state index contributed by atoms with van der Waals surface area (Å²) in [5, 5.41) is 5.88. The zero-order valence-corrected chi connectivity index (χ0v) is 27.8. The van der Waals surface area contributed by atoms with E-state index in [0.717, 1.165) is 12.8 Å². The van der Waals surface area contributed by atoms with Crippen molar-refractivity contribution in [3.8, 4) is 0 Å². The lowest BCUT2D eigenvalue weighted by Crippen LogP contribution is -2.61. The molecule has 0 bridgehead atoms. The number of nitrogens with one attached hydrogen (secondary N) is 2. The smallest absolute Gasteiger partial charge is 0.463 e. The molecule has 0 aromatic heterocycles. The van der Waals surface area contributed by atoms with Gasteiger partial charge in [-0.05, 0) is 73.3 Å². The summed E-state index contributed by atoms with van der Waals surface area (Å²) in [6.07, 6.45) is 0.397. The summed E-state index contributed by atoms with van der Waals surface area (Å²) in [5.41, 5.74) is 0.356. The predicted octanol–water partition coefficient (Wildman–Crippen LogP) is 4.66. The van der Waals surface area contributed by atoms with Gasteiger partial charge in [0.25, 0.3) is 0 Å². The van der Waals surface area contributed by atoms with E-state index in [-0.39, 0.29) is 25.0 Å². The summed E-state index contributed by atoms with van der Waals surface area (Å²) in [5.74, 6) is -0.779. The van der Waals surface area contributed by atoms with Crippen molar-refractivity contribution in [2.45, 2.75) is 131 Å². The fraction of sp³-hybridized carbons (Fsp3) is 0.828. The van der Waals surface area contributed by atoms with E-state index in [9.17, 15) is 14.4 Å². The van der Waals surface area contributed by atoms with Crippen LogP contribution in [0, 0.1) is 0 Å². The van der Waals surface area contributed by atoms with Crippen molar-refractivity contribution in [1.29, 1.82) is 0 Å². The molecule has 0 saturated carbocycles. The topological polar surface area (TPSA) is 131 Å². The van der Waals surface area contributed by atoms with Gasteiger partial charge < -0.3 is 38.1 Å². The molecule has 0 saturated heterocycles. The van der Waals surface area contributed by atoms with E-state index in [2.05, 4.69) is 10.6 Å². The highest BCUT2D eigenvalue weighted by molar-refractivity contribution is 6.60. The predicted molar refractivity (Wildman–Crippen MR) is 158 cm³/mol. The summed E-state index contributed by atoms with van der Waals surface area (Å²) in [4.78, 5) is 38.8. The van der Waals surface area contributed by atoms with E-state index in [1.165, 1.54) is 6.92 Å². The van der Waals surface area contributed by atoms with Crippen LogP contribution in [0.5, 0.6) is 0 Å². The van der Waals surface area contributed by atoms with Gasteiger partial charge in [-0.1, -0.05) is 13.8 Å². The van der Waals surface area contributed by atoms with E-state index in [1.807, 2.05) is 34.6 Å². The number of ether oxygens (including phenoxy) is 3. The largest absolute Gasteiger partial charge is 0.501 e. The molecule has 1 rings (SSSR count). The summed E-state index contributed by atoms with van der Waals surface area (Å²) in [6, 6.07) is -0.958. The maximum Gasteiger partial charge on any atom is 0.501 e. The Morgan fingerprint density at radius 1 is 0.902 bits per heavy atom. The van der Waals surface area contributed by atoms with Crippen molar-refractivity contribution in [3.05, 3.63) is 11.1 Å².